The van der Waals surface area contributed by atoms with Crippen LogP contribution in [0.1, 0.15) is 21.5 Å². The number of hydrogen-bond acceptors (Lipinski definition) is 4. The van der Waals surface area contributed by atoms with Gasteiger partial charge < -0.3 is 15.2 Å². The van der Waals surface area contributed by atoms with E-state index in [0.717, 1.165) is 29.2 Å². The Morgan fingerprint density at radius 1 is 1.06 bits per heavy atom. The van der Waals surface area contributed by atoms with Crippen LogP contribution >= 0.6 is 0 Å². The summed E-state index contributed by atoms with van der Waals surface area (Å²) in [6.45, 7) is 1.76. The van der Waals surface area contributed by atoms with E-state index < -0.39 is 23.7 Å². The molecule has 7 nitrogen and oxygen atoms in total. The fourth-order valence-electron chi connectivity index (χ4n) is 2.71. The number of nitrogens with one attached hydrogen (secondary N) is 1. The van der Waals surface area contributed by atoms with Crippen molar-refractivity contribution in [1.29, 1.82) is 0 Å². The maximum Gasteiger partial charge on any atom is 0.416 e. The van der Waals surface area contributed by atoms with E-state index in [4.69, 9.17) is 9.84 Å². The van der Waals surface area contributed by atoms with Crippen molar-refractivity contribution in [3.05, 3.63) is 77.5 Å². The van der Waals surface area contributed by atoms with Crippen molar-refractivity contribution in [2.24, 2.45) is 0 Å². The van der Waals surface area contributed by atoms with Crippen LogP contribution in [0, 0.1) is 6.92 Å². The lowest BCUT2D eigenvalue weighted by molar-refractivity contribution is -0.137. The SMILES string of the molecule is Cc1cc(N(C)C(=O)O)ccc1Oc1ccc(NC(=O)c2ccc(C(F)(F)F)cc2)cn1. The van der Waals surface area contributed by atoms with Gasteiger partial charge in [0.15, 0.2) is 0 Å². The van der Waals surface area contributed by atoms with Gasteiger partial charge in [0.1, 0.15) is 5.75 Å². The Kier molecular flexibility index (Phi) is 6.33. The van der Waals surface area contributed by atoms with Crippen molar-refractivity contribution in [2.75, 3.05) is 17.3 Å². The van der Waals surface area contributed by atoms with E-state index in [9.17, 15) is 22.8 Å². The van der Waals surface area contributed by atoms with Crippen LogP contribution in [0.5, 0.6) is 11.6 Å². The van der Waals surface area contributed by atoms with Gasteiger partial charge in [-0.25, -0.2) is 9.78 Å². The highest BCUT2D eigenvalue weighted by Gasteiger charge is 2.30. The smallest absolute Gasteiger partial charge is 0.416 e. The average molecular weight is 445 g/mol. The molecule has 0 bridgehead atoms. The number of rotatable bonds is 5. The Balaban J connectivity index is 1.65. The summed E-state index contributed by atoms with van der Waals surface area (Å²) in [6, 6.07) is 11.8. The number of benzene rings is 2. The van der Waals surface area contributed by atoms with Crippen LogP contribution < -0.4 is 15.0 Å². The molecule has 32 heavy (non-hydrogen) atoms. The molecule has 0 saturated heterocycles. The largest absolute Gasteiger partial charge is 0.465 e. The molecule has 0 atom stereocenters. The highest BCUT2D eigenvalue weighted by molar-refractivity contribution is 6.04. The number of amides is 2. The van der Waals surface area contributed by atoms with E-state index in [1.165, 1.54) is 25.4 Å². The van der Waals surface area contributed by atoms with Crippen molar-refractivity contribution < 1.29 is 32.6 Å². The first kappa shape index (κ1) is 22.6. The molecule has 2 amide bonds. The molecular weight excluding hydrogens is 427 g/mol. The van der Waals surface area contributed by atoms with Gasteiger partial charge in [-0.3, -0.25) is 9.69 Å². The first-order valence-corrected chi connectivity index (χ1v) is 9.24. The van der Waals surface area contributed by atoms with E-state index in [1.54, 1.807) is 25.1 Å². The Bertz CT molecular complexity index is 1130. The van der Waals surface area contributed by atoms with Gasteiger partial charge in [-0.1, -0.05) is 0 Å². The van der Waals surface area contributed by atoms with Crippen molar-refractivity contribution >= 4 is 23.4 Å². The topological polar surface area (TPSA) is 91.8 Å². The molecule has 3 aromatic rings. The summed E-state index contributed by atoms with van der Waals surface area (Å²) in [4.78, 5) is 28.5. The van der Waals surface area contributed by atoms with Crippen LogP contribution in [-0.2, 0) is 6.18 Å². The second-order valence-corrected chi connectivity index (χ2v) is 6.81. The number of aromatic nitrogens is 1. The Hall–Kier alpha value is -4.08. The fraction of sp³-hybridized carbons (Fsp3) is 0.136. The van der Waals surface area contributed by atoms with Gasteiger partial charge in [-0.2, -0.15) is 13.2 Å². The maximum atomic E-state index is 12.6. The van der Waals surface area contributed by atoms with Crippen molar-refractivity contribution in [3.63, 3.8) is 0 Å². The zero-order valence-corrected chi connectivity index (χ0v) is 17.0. The summed E-state index contributed by atoms with van der Waals surface area (Å²) in [5.41, 5.74) is 0.738. The first-order valence-electron chi connectivity index (χ1n) is 9.24. The van der Waals surface area contributed by atoms with Gasteiger partial charge in [0, 0.05) is 24.4 Å². The number of nitrogens with zero attached hydrogens (tertiary/aromatic N) is 2. The lowest BCUT2D eigenvalue weighted by atomic mass is 10.1. The molecule has 0 spiro atoms. The quantitative estimate of drug-likeness (QED) is 0.536. The molecule has 0 aliphatic rings. The Morgan fingerprint density at radius 3 is 2.28 bits per heavy atom. The summed E-state index contributed by atoms with van der Waals surface area (Å²) in [5, 5.41) is 11.6. The molecule has 0 radical (unpaired) electrons. The summed E-state index contributed by atoms with van der Waals surface area (Å²) in [7, 11) is 1.43. The van der Waals surface area contributed by atoms with E-state index in [1.807, 2.05) is 0 Å². The molecule has 0 aliphatic carbocycles. The molecule has 0 fully saturated rings. The van der Waals surface area contributed by atoms with Gasteiger partial charge in [-0.05, 0) is 61.0 Å². The number of pyridine rings is 1. The summed E-state index contributed by atoms with van der Waals surface area (Å²) in [5.74, 6) is 0.129. The van der Waals surface area contributed by atoms with Crippen molar-refractivity contribution in [1.82, 2.24) is 4.98 Å². The minimum Gasteiger partial charge on any atom is -0.465 e. The highest BCUT2D eigenvalue weighted by Crippen LogP contribution is 2.30. The minimum absolute atomic E-state index is 0.0698. The van der Waals surface area contributed by atoms with Crippen molar-refractivity contribution in [3.8, 4) is 11.6 Å². The van der Waals surface area contributed by atoms with Crippen LogP contribution in [0.4, 0.5) is 29.3 Å². The van der Waals surface area contributed by atoms with E-state index in [0.29, 0.717) is 22.7 Å². The molecule has 1 heterocycles. The minimum atomic E-state index is -4.47. The molecular formula is C22H18F3N3O4. The first-order chi connectivity index (χ1) is 15.0. The maximum absolute atomic E-state index is 12.6. The van der Waals surface area contributed by atoms with Crippen molar-refractivity contribution in [2.45, 2.75) is 13.1 Å². The second kappa shape index (κ2) is 8.96. The third kappa shape index (κ3) is 5.34. The monoisotopic (exact) mass is 445 g/mol. The summed E-state index contributed by atoms with van der Waals surface area (Å²) >= 11 is 0. The predicted octanol–water partition coefficient (Wildman–Crippen LogP) is 5.57. The fourth-order valence-corrected chi connectivity index (χ4v) is 2.71. The molecule has 2 aromatic carbocycles. The molecule has 0 unspecified atom stereocenters. The van der Waals surface area contributed by atoms with Gasteiger partial charge in [-0.15, -0.1) is 0 Å². The summed E-state index contributed by atoms with van der Waals surface area (Å²) in [6.07, 6.45) is -4.22. The van der Waals surface area contributed by atoms with Gasteiger partial charge >= 0.3 is 12.3 Å². The average Bonchev–Trinajstić information content (AvgIpc) is 2.75. The number of halogens is 3. The van der Waals surface area contributed by atoms with Gasteiger partial charge in [0.05, 0.1) is 17.4 Å². The standard InChI is InChI=1S/C22H18F3N3O4/c1-13-11-17(28(2)21(30)31)8-9-18(13)32-19-10-7-16(12-26-19)27-20(29)14-3-5-15(6-4-14)22(23,24)25/h3-12H,1-2H3,(H,27,29)(H,30,31). The third-order valence-electron chi connectivity index (χ3n) is 4.52. The Morgan fingerprint density at radius 2 is 1.75 bits per heavy atom. The van der Waals surface area contributed by atoms with Crippen LogP contribution in [0.15, 0.2) is 60.8 Å². The number of carbonyl (C=O) groups excluding carboxylic acids is 1. The lowest BCUT2D eigenvalue weighted by Crippen LogP contribution is -2.23. The highest BCUT2D eigenvalue weighted by atomic mass is 19.4. The molecule has 0 aliphatic heterocycles. The zero-order valence-electron chi connectivity index (χ0n) is 17.0. The van der Waals surface area contributed by atoms with Crippen LogP contribution in [0.25, 0.3) is 0 Å². The van der Waals surface area contributed by atoms with E-state index in [2.05, 4.69) is 10.3 Å². The number of carbonyl (C=O) groups is 2. The molecule has 1 aromatic heterocycles. The molecule has 0 saturated carbocycles. The molecule has 166 valence electrons. The lowest BCUT2D eigenvalue weighted by Gasteiger charge is -2.15. The predicted molar refractivity (Wildman–Crippen MR) is 111 cm³/mol. The van der Waals surface area contributed by atoms with Crippen LogP contribution in [0.3, 0.4) is 0 Å². The van der Waals surface area contributed by atoms with Gasteiger partial charge in [0.25, 0.3) is 5.91 Å². The van der Waals surface area contributed by atoms with E-state index >= 15 is 0 Å². The number of carboxylic acid groups (broad SMARTS) is 1. The number of alkyl halides is 3. The number of anilines is 2. The number of ether oxygens (including phenoxy) is 1. The normalized spacial score (nSPS) is 11.0. The third-order valence-corrected chi connectivity index (χ3v) is 4.52. The van der Waals surface area contributed by atoms with E-state index in [-0.39, 0.29) is 11.4 Å². The second-order valence-electron chi connectivity index (χ2n) is 6.81. The number of aryl methyl sites for hydroxylation is 1. The molecule has 3 rings (SSSR count). The Labute approximate surface area is 181 Å². The molecule has 2 N–H and O–H groups in total. The molecule has 10 heteroatoms. The van der Waals surface area contributed by atoms with Gasteiger partial charge in [0.2, 0.25) is 5.88 Å². The van der Waals surface area contributed by atoms with Crippen LogP contribution in [-0.4, -0.2) is 29.1 Å². The summed E-state index contributed by atoms with van der Waals surface area (Å²) < 4.78 is 43.6. The van der Waals surface area contributed by atoms with Crippen LogP contribution in [0.2, 0.25) is 0 Å². The zero-order chi connectivity index (χ0) is 23.5. The number of hydrogen-bond donors (Lipinski definition) is 2.